The van der Waals surface area contributed by atoms with Gasteiger partial charge in [-0.15, -0.1) is 0 Å². The fourth-order valence-corrected chi connectivity index (χ4v) is 2.35. The summed E-state index contributed by atoms with van der Waals surface area (Å²) in [4.78, 5) is 13.7. The van der Waals surface area contributed by atoms with E-state index in [0.717, 1.165) is 31.3 Å². The Morgan fingerprint density at radius 3 is 2.76 bits per heavy atom. The highest BCUT2D eigenvalue weighted by molar-refractivity contribution is 5.33. The SMILES string of the molecule is Cc1ccnc(N2CCN(C)CC2C(C)C)n1. The summed E-state index contributed by atoms with van der Waals surface area (Å²) >= 11 is 0. The van der Waals surface area contributed by atoms with Gasteiger partial charge in [-0.05, 0) is 26.0 Å². The van der Waals surface area contributed by atoms with Gasteiger partial charge in [0.1, 0.15) is 0 Å². The van der Waals surface area contributed by atoms with Crippen molar-refractivity contribution in [1.82, 2.24) is 14.9 Å². The Hall–Kier alpha value is -1.16. The summed E-state index contributed by atoms with van der Waals surface area (Å²) in [6, 6.07) is 2.46. The van der Waals surface area contributed by atoms with Crippen LogP contribution in [0.2, 0.25) is 0 Å². The molecule has 2 rings (SSSR count). The Kier molecular flexibility index (Phi) is 3.62. The lowest BCUT2D eigenvalue weighted by molar-refractivity contribution is 0.235. The van der Waals surface area contributed by atoms with E-state index in [1.165, 1.54) is 0 Å². The van der Waals surface area contributed by atoms with E-state index in [1.807, 2.05) is 19.2 Å². The summed E-state index contributed by atoms with van der Waals surface area (Å²) in [5.41, 5.74) is 1.04. The molecule has 0 spiro atoms. The van der Waals surface area contributed by atoms with Crippen molar-refractivity contribution in [2.75, 3.05) is 31.6 Å². The second-order valence-corrected chi connectivity index (χ2v) is 5.27. The predicted octanol–water partition coefficient (Wildman–Crippen LogP) is 1.56. The van der Waals surface area contributed by atoms with E-state index in [2.05, 4.69) is 40.7 Å². The highest BCUT2D eigenvalue weighted by atomic mass is 15.3. The third-order valence-electron chi connectivity index (χ3n) is 3.43. The van der Waals surface area contributed by atoms with Crippen molar-refractivity contribution < 1.29 is 0 Å². The van der Waals surface area contributed by atoms with Crippen LogP contribution in [0, 0.1) is 12.8 Å². The van der Waals surface area contributed by atoms with E-state index in [-0.39, 0.29) is 0 Å². The summed E-state index contributed by atoms with van der Waals surface area (Å²) in [5, 5.41) is 0. The van der Waals surface area contributed by atoms with Crippen LogP contribution in [0.5, 0.6) is 0 Å². The van der Waals surface area contributed by atoms with Crippen LogP contribution in [0.4, 0.5) is 5.95 Å². The maximum atomic E-state index is 4.55. The van der Waals surface area contributed by atoms with Gasteiger partial charge in [0.2, 0.25) is 5.95 Å². The number of aromatic nitrogens is 2. The van der Waals surface area contributed by atoms with Crippen LogP contribution in [0.25, 0.3) is 0 Å². The zero-order valence-corrected chi connectivity index (χ0v) is 11.2. The lowest BCUT2D eigenvalue weighted by Crippen LogP contribution is -2.54. The molecule has 1 saturated heterocycles. The molecule has 1 fully saturated rings. The zero-order valence-electron chi connectivity index (χ0n) is 11.2. The number of aryl methyl sites for hydroxylation is 1. The van der Waals surface area contributed by atoms with Crippen molar-refractivity contribution in [3.05, 3.63) is 18.0 Å². The lowest BCUT2D eigenvalue weighted by Gasteiger charge is -2.42. The first-order valence-electron chi connectivity index (χ1n) is 6.33. The molecule has 2 heterocycles. The van der Waals surface area contributed by atoms with Crippen molar-refractivity contribution in [2.45, 2.75) is 26.8 Å². The molecule has 0 aliphatic carbocycles. The molecule has 1 aromatic rings. The van der Waals surface area contributed by atoms with Gasteiger partial charge in [0.25, 0.3) is 0 Å². The molecule has 17 heavy (non-hydrogen) atoms. The summed E-state index contributed by atoms with van der Waals surface area (Å²) in [7, 11) is 2.18. The molecule has 0 amide bonds. The number of rotatable bonds is 2. The van der Waals surface area contributed by atoms with Gasteiger partial charge in [-0.1, -0.05) is 13.8 Å². The van der Waals surface area contributed by atoms with E-state index >= 15 is 0 Å². The minimum absolute atomic E-state index is 0.510. The molecule has 1 aliphatic heterocycles. The van der Waals surface area contributed by atoms with Crippen molar-refractivity contribution in [1.29, 1.82) is 0 Å². The molecule has 4 nitrogen and oxygen atoms in total. The molecule has 94 valence electrons. The van der Waals surface area contributed by atoms with Crippen LogP contribution in [0.15, 0.2) is 12.3 Å². The van der Waals surface area contributed by atoms with Crippen molar-refractivity contribution >= 4 is 5.95 Å². The van der Waals surface area contributed by atoms with E-state index in [1.54, 1.807) is 0 Å². The van der Waals surface area contributed by atoms with E-state index in [4.69, 9.17) is 0 Å². The summed E-state index contributed by atoms with van der Waals surface area (Å²) < 4.78 is 0. The van der Waals surface area contributed by atoms with Crippen LogP contribution in [-0.2, 0) is 0 Å². The molecular weight excluding hydrogens is 212 g/mol. The van der Waals surface area contributed by atoms with Gasteiger partial charge in [0.05, 0.1) is 0 Å². The molecule has 0 saturated carbocycles. The monoisotopic (exact) mass is 234 g/mol. The Morgan fingerprint density at radius 2 is 2.12 bits per heavy atom. The third kappa shape index (κ3) is 2.75. The second kappa shape index (κ2) is 5.00. The Morgan fingerprint density at radius 1 is 1.35 bits per heavy atom. The molecule has 0 bridgehead atoms. The summed E-state index contributed by atoms with van der Waals surface area (Å²) in [5.74, 6) is 1.50. The highest BCUT2D eigenvalue weighted by Gasteiger charge is 2.29. The van der Waals surface area contributed by atoms with Crippen LogP contribution < -0.4 is 4.90 Å². The molecule has 0 N–H and O–H groups in total. The number of hydrogen-bond donors (Lipinski definition) is 0. The van der Waals surface area contributed by atoms with Gasteiger partial charge in [-0.2, -0.15) is 0 Å². The predicted molar refractivity (Wildman–Crippen MR) is 70.2 cm³/mol. The molecule has 1 aliphatic rings. The highest BCUT2D eigenvalue weighted by Crippen LogP contribution is 2.21. The van der Waals surface area contributed by atoms with E-state index < -0.39 is 0 Å². The Bertz CT molecular complexity index is 377. The minimum atomic E-state index is 0.510. The van der Waals surface area contributed by atoms with Gasteiger partial charge in [0, 0.05) is 37.6 Å². The Labute approximate surface area is 104 Å². The summed E-state index contributed by atoms with van der Waals surface area (Å²) in [6.07, 6.45) is 1.85. The van der Waals surface area contributed by atoms with Gasteiger partial charge in [-0.3, -0.25) is 0 Å². The number of hydrogen-bond acceptors (Lipinski definition) is 4. The van der Waals surface area contributed by atoms with Crippen molar-refractivity contribution in [3.63, 3.8) is 0 Å². The molecule has 1 aromatic heterocycles. The topological polar surface area (TPSA) is 32.3 Å². The standard InChI is InChI=1S/C13H22N4/c1-10(2)12-9-16(4)7-8-17(12)13-14-6-5-11(3)15-13/h5-6,10,12H,7-9H2,1-4H3. The van der Waals surface area contributed by atoms with Gasteiger partial charge in [0.15, 0.2) is 0 Å². The molecule has 4 heteroatoms. The lowest BCUT2D eigenvalue weighted by atomic mass is 10.0. The minimum Gasteiger partial charge on any atom is -0.335 e. The van der Waals surface area contributed by atoms with Crippen LogP contribution in [-0.4, -0.2) is 47.6 Å². The third-order valence-corrected chi connectivity index (χ3v) is 3.43. The average molecular weight is 234 g/mol. The number of piperazine rings is 1. The number of likely N-dealkylation sites (N-methyl/N-ethyl adjacent to an activating group) is 1. The average Bonchev–Trinajstić information content (AvgIpc) is 2.28. The first-order chi connectivity index (χ1) is 8.08. The number of nitrogens with zero attached hydrogens (tertiary/aromatic N) is 4. The van der Waals surface area contributed by atoms with E-state index in [9.17, 15) is 0 Å². The van der Waals surface area contributed by atoms with Gasteiger partial charge >= 0.3 is 0 Å². The van der Waals surface area contributed by atoms with Crippen LogP contribution >= 0.6 is 0 Å². The first kappa shape index (κ1) is 12.3. The van der Waals surface area contributed by atoms with Crippen LogP contribution in [0.3, 0.4) is 0 Å². The fourth-order valence-electron chi connectivity index (χ4n) is 2.35. The zero-order chi connectivity index (χ0) is 12.4. The maximum absolute atomic E-state index is 4.55. The largest absolute Gasteiger partial charge is 0.335 e. The van der Waals surface area contributed by atoms with Crippen molar-refractivity contribution in [3.8, 4) is 0 Å². The molecular formula is C13H22N4. The quantitative estimate of drug-likeness (QED) is 0.777. The number of anilines is 1. The van der Waals surface area contributed by atoms with E-state index in [0.29, 0.717) is 12.0 Å². The van der Waals surface area contributed by atoms with Gasteiger partial charge < -0.3 is 9.80 Å². The second-order valence-electron chi connectivity index (χ2n) is 5.27. The first-order valence-corrected chi connectivity index (χ1v) is 6.33. The normalized spacial score (nSPS) is 22.2. The fraction of sp³-hybridized carbons (Fsp3) is 0.692. The van der Waals surface area contributed by atoms with Crippen LogP contribution in [0.1, 0.15) is 19.5 Å². The van der Waals surface area contributed by atoms with Gasteiger partial charge in [-0.25, -0.2) is 9.97 Å². The molecule has 0 aromatic carbocycles. The maximum Gasteiger partial charge on any atom is 0.225 e. The summed E-state index contributed by atoms with van der Waals surface area (Å²) in [6.45, 7) is 9.75. The molecule has 1 atom stereocenters. The molecule has 0 radical (unpaired) electrons. The Balaban J connectivity index is 2.23. The van der Waals surface area contributed by atoms with Crippen molar-refractivity contribution in [2.24, 2.45) is 5.92 Å². The smallest absolute Gasteiger partial charge is 0.225 e. The molecule has 1 unspecified atom stereocenters.